The number of carbonyl (C=O) groups is 3. The summed E-state index contributed by atoms with van der Waals surface area (Å²) in [7, 11) is 0. The predicted molar refractivity (Wildman–Crippen MR) is 166 cm³/mol. The third-order valence-corrected chi connectivity index (χ3v) is 7.40. The van der Waals surface area contributed by atoms with Gasteiger partial charge in [0.15, 0.2) is 0 Å². The number of anilines is 2. The molecule has 0 aliphatic heterocycles. The number of H-pyrrole nitrogens is 1. The Morgan fingerprint density at radius 3 is 2.38 bits per heavy atom. The molecule has 4 aromatic carbocycles. The van der Waals surface area contributed by atoms with Crippen LogP contribution in [-0.4, -0.2) is 28.0 Å². The summed E-state index contributed by atoms with van der Waals surface area (Å²) in [4.78, 5) is 42.9. The third kappa shape index (κ3) is 7.32. The molecule has 9 heteroatoms. The first-order valence-electron chi connectivity index (χ1n) is 13.1. The summed E-state index contributed by atoms with van der Waals surface area (Å²) in [6, 6.07) is 28.8. The molecule has 1 atom stereocenters. The van der Waals surface area contributed by atoms with Crippen LogP contribution in [-0.2, 0) is 9.59 Å². The predicted octanol–water partition coefficient (Wildman–Crippen LogP) is 6.84. The van der Waals surface area contributed by atoms with Gasteiger partial charge in [-0.25, -0.2) is 4.39 Å². The third-order valence-electron chi connectivity index (χ3n) is 6.31. The maximum absolute atomic E-state index is 13.4. The lowest BCUT2D eigenvalue weighted by Gasteiger charge is -2.14. The highest BCUT2D eigenvalue weighted by atomic mass is 32.2. The number of fused-ring (bicyclic) bond motifs is 1. The van der Waals surface area contributed by atoms with Gasteiger partial charge in [0.2, 0.25) is 5.91 Å². The molecule has 7 nitrogen and oxygen atoms in total. The molecule has 0 aliphatic rings. The van der Waals surface area contributed by atoms with Gasteiger partial charge in [0.05, 0.1) is 5.25 Å². The Morgan fingerprint density at radius 1 is 0.833 bits per heavy atom. The smallest absolute Gasteiger partial charge is 0.272 e. The van der Waals surface area contributed by atoms with Crippen molar-refractivity contribution in [1.29, 1.82) is 0 Å². The molecular weight excluding hydrogens is 551 g/mol. The lowest BCUT2D eigenvalue weighted by Crippen LogP contribution is -2.30. The molecule has 0 bridgehead atoms. The van der Waals surface area contributed by atoms with Crippen molar-refractivity contribution in [2.24, 2.45) is 0 Å². The zero-order valence-corrected chi connectivity index (χ0v) is 23.4. The molecule has 1 heterocycles. The number of nitrogens with one attached hydrogen (secondary N) is 4. The maximum atomic E-state index is 13.4. The van der Waals surface area contributed by atoms with Crippen molar-refractivity contribution >= 4 is 57.8 Å². The fourth-order valence-corrected chi connectivity index (χ4v) is 5.07. The molecule has 0 spiro atoms. The summed E-state index contributed by atoms with van der Waals surface area (Å²) >= 11 is 1.35. The molecule has 0 saturated heterocycles. The van der Waals surface area contributed by atoms with Crippen LogP contribution in [0.5, 0.6) is 0 Å². The van der Waals surface area contributed by atoms with E-state index in [1.807, 2.05) is 36.5 Å². The molecule has 5 rings (SSSR count). The molecule has 1 aromatic heterocycles. The Bertz CT molecular complexity index is 1770. The number of hydrogen-bond acceptors (Lipinski definition) is 4. The van der Waals surface area contributed by atoms with E-state index in [0.717, 1.165) is 15.8 Å². The second kappa shape index (κ2) is 13.0. The van der Waals surface area contributed by atoms with Gasteiger partial charge >= 0.3 is 0 Å². The van der Waals surface area contributed by atoms with Gasteiger partial charge in [0.25, 0.3) is 11.8 Å². The number of rotatable bonds is 9. The SMILES string of the molecule is CC(Sc1cccc(NC(=O)/C(=C/c2ccc(F)cc2)NC(=O)c2ccccc2)c1)C(=O)Nc1ccc2cc[nH]c2c1. The van der Waals surface area contributed by atoms with Gasteiger partial charge in [-0.15, -0.1) is 11.8 Å². The van der Waals surface area contributed by atoms with E-state index >= 15 is 0 Å². The van der Waals surface area contributed by atoms with Crippen molar-refractivity contribution in [2.75, 3.05) is 10.6 Å². The van der Waals surface area contributed by atoms with Gasteiger partial charge < -0.3 is 20.9 Å². The zero-order valence-electron chi connectivity index (χ0n) is 22.6. The van der Waals surface area contributed by atoms with E-state index in [1.165, 1.54) is 42.1 Å². The van der Waals surface area contributed by atoms with Gasteiger partial charge in [-0.3, -0.25) is 14.4 Å². The van der Waals surface area contributed by atoms with E-state index in [2.05, 4.69) is 20.9 Å². The Hall–Kier alpha value is -5.15. The Kier molecular flexibility index (Phi) is 8.79. The second-order valence-corrected chi connectivity index (χ2v) is 10.9. The van der Waals surface area contributed by atoms with E-state index < -0.39 is 22.9 Å². The van der Waals surface area contributed by atoms with Crippen molar-refractivity contribution in [3.63, 3.8) is 0 Å². The fourth-order valence-electron chi connectivity index (χ4n) is 4.14. The standard InChI is InChI=1S/C33H27FN4O3S/c1-21(31(39)36-27-15-12-23-16-17-35-29(23)20-27)42-28-9-5-8-26(19-28)37-33(41)30(18-22-10-13-25(34)14-11-22)38-32(40)24-6-3-2-4-7-24/h2-21,35H,1H3,(H,36,39)(H,37,41)(H,38,40)/b30-18-. The summed E-state index contributed by atoms with van der Waals surface area (Å²) in [5, 5.41) is 9.06. The largest absolute Gasteiger partial charge is 0.361 e. The molecule has 210 valence electrons. The number of aromatic amines is 1. The van der Waals surface area contributed by atoms with Crippen LogP contribution in [0.4, 0.5) is 15.8 Å². The number of carbonyl (C=O) groups excluding carboxylic acids is 3. The Balaban J connectivity index is 1.27. The lowest BCUT2D eigenvalue weighted by atomic mass is 10.1. The summed E-state index contributed by atoms with van der Waals surface area (Å²) in [6.07, 6.45) is 3.32. The minimum absolute atomic E-state index is 0.0136. The van der Waals surface area contributed by atoms with Gasteiger partial charge in [0, 0.05) is 33.5 Å². The normalized spacial score (nSPS) is 12.0. The number of benzene rings is 4. The van der Waals surface area contributed by atoms with Crippen LogP contribution in [0, 0.1) is 5.82 Å². The van der Waals surface area contributed by atoms with Crippen LogP contribution in [0.15, 0.2) is 120 Å². The van der Waals surface area contributed by atoms with Gasteiger partial charge in [0.1, 0.15) is 11.5 Å². The average molecular weight is 579 g/mol. The number of amides is 3. The highest BCUT2D eigenvalue weighted by molar-refractivity contribution is 8.00. The van der Waals surface area contributed by atoms with Gasteiger partial charge in [-0.05, 0) is 84.6 Å². The molecule has 5 aromatic rings. The van der Waals surface area contributed by atoms with Gasteiger partial charge in [-0.1, -0.05) is 42.5 Å². The summed E-state index contributed by atoms with van der Waals surface area (Å²) in [5.41, 5.74) is 3.02. The molecule has 0 saturated carbocycles. The molecule has 1 unspecified atom stereocenters. The molecule has 0 aliphatic carbocycles. The monoisotopic (exact) mass is 578 g/mol. The van der Waals surface area contributed by atoms with Crippen molar-refractivity contribution in [1.82, 2.24) is 10.3 Å². The molecule has 0 fully saturated rings. The first-order chi connectivity index (χ1) is 20.3. The van der Waals surface area contributed by atoms with E-state index in [4.69, 9.17) is 0 Å². The number of halogens is 1. The minimum atomic E-state index is -0.559. The fraction of sp³-hybridized carbons (Fsp3) is 0.0606. The maximum Gasteiger partial charge on any atom is 0.272 e. The Morgan fingerprint density at radius 2 is 1.60 bits per heavy atom. The van der Waals surface area contributed by atoms with Crippen LogP contribution in [0.1, 0.15) is 22.8 Å². The van der Waals surface area contributed by atoms with Crippen LogP contribution in [0.25, 0.3) is 17.0 Å². The topological polar surface area (TPSA) is 103 Å². The van der Waals surface area contributed by atoms with Gasteiger partial charge in [-0.2, -0.15) is 0 Å². The van der Waals surface area contributed by atoms with E-state index in [-0.39, 0.29) is 11.6 Å². The van der Waals surface area contributed by atoms with Crippen LogP contribution >= 0.6 is 11.8 Å². The first kappa shape index (κ1) is 28.4. The highest BCUT2D eigenvalue weighted by Gasteiger charge is 2.17. The van der Waals surface area contributed by atoms with Crippen molar-refractivity contribution in [3.05, 3.63) is 132 Å². The van der Waals surface area contributed by atoms with Crippen molar-refractivity contribution in [3.8, 4) is 0 Å². The molecule has 42 heavy (non-hydrogen) atoms. The molecule has 0 radical (unpaired) electrons. The number of hydrogen-bond donors (Lipinski definition) is 4. The summed E-state index contributed by atoms with van der Waals surface area (Å²) < 4.78 is 13.4. The lowest BCUT2D eigenvalue weighted by molar-refractivity contribution is -0.115. The number of thioether (sulfide) groups is 1. The summed E-state index contributed by atoms with van der Waals surface area (Å²) in [5.74, 6) is -1.59. The summed E-state index contributed by atoms with van der Waals surface area (Å²) in [6.45, 7) is 1.81. The average Bonchev–Trinajstić information content (AvgIpc) is 3.46. The Labute approximate surface area is 246 Å². The molecule has 4 N–H and O–H groups in total. The zero-order chi connectivity index (χ0) is 29.5. The van der Waals surface area contributed by atoms with Crippen molar-refractivity contribution in [2.45, 2.75) is 17.1 Å². The van der Waals surface area contributed by atoms with E-state index in [0.29, 0.717) is 22.5 Å². The van der Waals surface area contributed by atoms with Crippen LogP contribution < -0.4 is 16.0 Å². The molecular formula is C33H27FN4O3S. The van der Waals surface area contributed by atoms with E-state index in [9.17, 15) is 18.8 Å². The highest BCUT2D eigenvalue weighted by Crippen LogP contribution is 2.27. The quantitative estimate of drug-likeness (QED) is 0.114. The van der Waals surface area contributed by atoms with Crippen LogP contribution in [0.2, 0.25) is 0 Å². The van der Waals surface area contributed by atoms with Crippen molar-refractivity contribution < 1.29 is 18.8 Å². The molecule has 3 amide bonds. The second-order valence-electron chi connectivity index (χ2n) is 9.44. The first-order valence-corrected chi connectivity index (χ1v) is 14.0. The minimum Gasteiger partial charge on any atom is -0.361 e. The van der Waals surface area contributed by atoms with Crippen LogP contribution in [0.3, 0.4) is 0 Å². The number of aromatic nitrogens is 1. The van der Waals surface area contributed by atoms with E-state index in [1.54, 1.807) is 55.5 Å².